The highest BCUT2D eigenvalue weighted by atomic mass is 32.1. The van der Waals surface area contributed by atoms with Gasteiger partial charge in [-0.2, -0.15) is 0 Å². The molecule has 7 nitrogen and oxygen atoms in total. The van der Waals surface area contributed by atoms with Crippen molar-refractivity contribution in [3.05, 3.63) is 22.6 Å². The first-order valence-corrected chi connectivity index (χ1v) is 8.56. The number of hydrogen-bond donors (Lipinski definition) is 2. The lowest BCUT2D eigenvalue weighted by molar-refractivity contribution is 0.0934. The largest absolute Gasteiger partial charge is 0.395 e. The standard InChI is InChI=1S/C15H17N5O2S/c1-8-3-2-4-9-10(8)11-13-18-12(14(22)16-5-6-21)19-20(13)7-17-15(11)23-9/h7-8,21H,2-6H2,1H3,(H,16,22). The Balaban J connectivity index is 1.89. The molecule has 3 aromatic rings. The molecule has 0 saturated heterocycles. The number of nitrogens with zero attached hydrogens (tertiary/aromatic N) is 4. The predicted octanol–water partition coefficient (Wildman–Crippen LogP) is 1.50. The number of thiophene rings is 1. The molecule has 0 aliphatic heterocycles. The van der Waals surface area contributed by atoms with Crippen molar-refractivity contribution in [3.63, 3.8) is 0 Å². The van der Waals surface area contributed by atoms with Gasteiger partial charge in [0.25, 0.3) is 5.91 Å². The number of fused-ring (bicyclic) bond motifs is 5. The van der Waals surface area contributed by atoms with Gasteiger partial charge in [0.15, 0.2) is 5.65 Å². The molecular weight excluding hydrogens is 314 g/mol. The highest BCUT2D eigenvalue weighted by Gasteiger charge is 2.25. The van der Waals surface area contributed by atoms with Crippen LogP contribution in [0.4, 0.5) is 0 Å². The summed E-state index contributed by atoms with van der Waals surface area (Å²) in [4.78, 5) is 23.3. The molecule has 1 unspecified atom stereocenters. The number of carbonyl (C=O) groups is 1. The molecule has 8 heteroatoms. The van der Waals surface area contributed by atoms with Gasteiger partial charge in [0, 0.05) is 11.4 Å². The van der Waals surface area contributed by atoms with Crippen molar-refractivity contribution in [3.8, 4) is 0 Å². The van der Waals surface area contributed by atoms with Crippen molar-refractivity contribution in [1.29, 1.82) is 0 Å². The van der Waals surface area contributed by atoms with E-state index in [4.69, 9.17) is 5.11 Å². The minimum Gasteiger partial charge on any atom is -0.395 e. The Bertz CT molecular complexity index is 900. The number of hydrogen-bond acceptors (Lipinski definition) is 6. The van der Waals surface area contributed by atoms with E-state index >= 15 is 0 Å². The second-order valence-electron chi connectivity index (χ2n) is 5.84. The van der Waals surface area contributed by atoms with E-state index in [1.54, 1.807) is 22.2 Å². The summed E-state index contributed by atoms with van der Waals surface area (Å²) < 4.78 is 1.57. The van der Waals surface area contributed by atoms with Gasteiger partial charge < -0.3 is 10.4 Å². The fraction of sp³-hybridized carbons (Fsp3) is 0.467. The van der Waals surface area contributed by atoms with E-state index in [1.807, 2.05) is 0 Å². The molecule has 0 aromatic carbocycles. The Morgan fingerprint density at radius 1 is 1.57 bits per heavy atom. The first-order valence-electron chi connectivity index (χ1n) is 7.74. The maximum atomic E-state index is 12.0. The third-order valence-corrected chi connectivity index (χ3v) is 5.45. The van der Waals surface area contributed by atoms with E-state index < -0.39 is 0 Å². The van der Waals surface area contributed by atoms with Crippen molar-refractivity contribution in [2.75, 3.05) is 13.2 Å². The third-order valence-electron chi connectivity index (χ3n) is 4.28. The zero-order valence-corrected chi connectivity index (χ0v) is 13.6. The second kappa shape index (κ2) is 5.54. The van der Waals surface area contributed by atoms with E-state index in [9.17, 15) is 4.79 Å². The maximum absolute atomic E-state index is 12.0. The number of aliphatic hydroxyl groups excluding tert-OH is 1. The van der Waals surface area contributed by atoms with Crippen molar-refractivity contribution in [1.82, 2.24) is 24.9 Å². The smallest absolute Gasteiger partial charge is 0.291 e. The third kappa shape index (κ3) is 2.29. The van der Waals surface area contributed by atoms with Gasteiger partial charge in [-0.05, 0) is 30.7 Å². The second-order valence-corrected chi connectivity index (χ2v) is 6.92. The van der Waals surface area contributed by atoms with E-state index in [2.05, 4.69) is 27.3 Å². The summed E-state index contributed by atoms with van der Waals surface area (Å²) >= 11 is 1.72. The number of amides is 1. The van der Waals surface area contributed by atoms with Crippen LogP contribution in [0.2, 0.25) is 0 Å². The van der Waals surface area contributed by atoms with Crippen molar-refractivity contribution in [2.45, 2.75) is 32.1 Å². The summed E-state index contributed by atoms with van der Waals surface area (Å²) in [5, 5.41) is 16.6. The normalized spacial score (nSPS) is 17.6. The predicted molar refractivity (Wildman–Crippen MR) is 86.9 cm³/mol. The molecule has 0 bridgehead atoms. The summed E-state index contributed by atoms with van der Waals surface area (Å²) in [6, 6.07) is 0. The summed E-state index contributed by atoms with van der Waals surface area (Å²) in [6.07, 6.45) is 5.07. The van der Waals surface area contributed by atoms with Crippen LogP contribution in [0.1, 0.15) is 46.7 Å². The molecule has 0 radical (unpaired) electrons. The van der Waals surface area contributed by atoms with E-state index in [0.717, 1.165) is 23.1 Å². The van der Waals surface area contributed by atoms with Crippen LogP contribution in [0.5, 0.6) is 0 Å². The van der Waals surface area contributed by atoms with Crippen molar-refractivity contribution < 1.29 is 9.90 Å². The van der Waals surface area contributed by atoms with Gasteiger partial charge in [-0.1, -0.05) is 6.92 Å². The Hall–Kier alpha value is -2.06. The van der Waals surface area contributed by atoms with Gasteiger partial charge in [0.2, 0.25) is 5.82 Å². The van der Waals surface area contributed by atoms with Gasteiger partial charge in [-0.25, -0.2) is 14.5 Å². The van der Waals surface area contributed by atoms with E-state index in [1.165, 1.54) is 16.9 Å². The molecule has 120 valence electrons. The van der Waals surface area contributed by atoms with Crippen LogP contribution in [0.25, 0.3) is 15.9 Å². The fourth-order valence-electron chi connectivity index (χ4n) is 3.23. The van der Waals surface area contributed by atoms with Gasteiger partial charge in [-0.15, -0.1) is 16.4 Å². The molecule has 0 fully saturated rings. The molecule has 1 aliphatic carbocycles. The number of aryl methyl sites for hydroxylation is 1. The fourth-order valence-corrected chi connectivity index (χ4v) is 4.53. The number of rotatable bonds is 3. The van der Waals surface area contributed by atoms with Crippen molar-refractivity contribution >= 4 is 33.1 Å². The quantitative estimate of drug-likeness (QED) is 0.759. The molecule has 0 saturated carbocycles. The topological polar surface area (TPSA) is 92.4 Å². The lowest BCUT2D eigenvalue weighted by Gasteiger charge is -2.18. The zero-order valence-electron chi connectivity index (χ0n) is 12.7. The molecular formula is C15H17N5O2S. The summed E-state index contributed by atoms with van der Waals surface area (Å²) in [7, 11) is 0. The molecule has 1 amide bonds. The number of aliphatic hydroxyl groups is 1. The Morgan fingerprint density at radius 3 is 3.26 bits per heavy atom. The highest BCUT2D eigenvalue weighted by Crippen LogP contribution is 2.42. The lowest BCUT2D eigenvalue weighted by atomic mass is 9.87. The van der Waals surface area contributed by atoms with Gasteiger partial charge in [0.1, 0.15) is 11.2 Å². The highest BCUT2D eigenvalue weighted by molar-refractivity contribution is 7.19. The van der Waals surface area contributed by atoms with E-state index in [-0.39, 0.29) is 24.9 Å². The van der Waals surface area contributed by atoms with Crippen LogP contribution in [0.3, 0.4) is 0 Å². The number of aromatic nitrogens is 4. The van der Waals surface area contributed by atoms with Crippen LogP contribution in [-0.4, -0.2) is 43.7 Å². The molecule has 3 aromatic heterocycles. The Labute approximate surface area is 136 Å². The van der Waals surface area contributed by atoms with Crippen LogP contribution < -0.4 is 5.32 Å². The lowest BCUT2D eigenvalue weighted by Crippen LogP contribution is -2.27. The SMILES string of the molecule is CC1CCCc2sc3ncn4nc(C(=O)NCCO)nc4c3c21. The molecule has 2 N–H and O–H groups in total. The minimum absolute atomic E-state index is 0.108. The average Bonchev–Trinajstić information content (AvgIpc) is 3.13. The molecule has 4 rings (SSSR count). The van der Waals surface area contributed by atoms with Crippen LogP contribution in [0.15, 0.2) is 6.33 Å². The maximum Gasteiger partial charge on any atom is 0.291 e. The number of nitrogens with one attached hydrogen (secondary N) is 1. The Morgan fingerprint density at radius 2 is 2.43 bits per heavy atom. The van der Waals surface area contributed by atoms with Crippen LogP contribution >= 0.6 is 11.3 Å². The summed E-state index contributed by atoms with van der Waals surface area (Å²) in [5.74, 6) is 0.202. The van der Waals surface area contributed by atoms with Crippen LogP contribution in [0, 0.1) is 0 Å². The molecule has 3 heterocycles. The molecule has 23 heavy (non-hydrogen) atoms. The molecule has 0 spiro atoms. The monoisotopic (exact) mass is 331 g/mol. The van der Waals surface area contributed by atoms with Crippen LogP contribution in [-0.2, 0) is 6.42 Å². The summed E-state index contributed by atoms with van der Waals surface area (Å²) in [5.41, 5.74) is 2.01. The summed E-state index contributed by atoms with van der Waals surface area (Å²) in [6.45, 7) is 2.31. The minimum atomic E-state index is -0.381. The van der Waals surface area contributed by atoms with E-state index in [0.29, 0.717) is 11.6 Å². The van der Waals surface area contributed by atoms with Gasteiger partial charge in [-0.3, -0.25) is 4.79 Å². The molecule has 1 aliphatic rings. The molecule has 1 atom stereocenters. The van der Waals surface area contributed by atoms with Gasteiger partial charge in [0.05, 0.1) is 12.0 Å². The first kappa shape index (κ1) is 14.5. The van der Waals surface area contributed by atoms with Crippen molar-refractivity contribution in [2.24, 2.45) is 0 Å². The Kier molecular flexibility index (Phi) is 3.50. The zero-order chi connectivity index (χ0) is 16.0. The first-order chi connectivity index (χ1) is 11.2. The number of carbonyl (C=O) groups excluding carboxylic acids is 1. The average molecular weight is 331 g/mol. The van der Waals surface area contributed by atoms with Gasteiger partial charge >= 0.3 is 0 Å².